The quantitative estimate of drug-likeness (QED) is 0.681. The highest BCUT2D eigenvalue weighted by atomic mass is 32.2. The number of aliphatic carboxylic acids is 1. The van der Waals surface area contributed by atoms with Crippen LogP contribution in [0, 0.1) is 0 Å². The summed E-state index contributed by atoms with van der Waals surface area (Å²) < 4.78 is 27.3. The fourth-order valence-electron chi connectivity index (χ4n) is 1.59. The molecule has 1 atom stereocenters. The summed E-state index contributed by atoms with van der Waals surface area (Å²) in [5.74, 6) is -1.20. The number of hydrogen-bond acceptors (Lipinski definition) is 4. The lowest BCUT2D eigenvalue weighted by molar-refractivity contribution is -0.138. The molecule has 0 spiro atoms. The molecular formula is C13H20N2O5S. The van der Waals surface area contributed by atoms with Crippen LogP contribution in [0.3, 0.4) is 0 Å². The Bertz CT molecular complexity index is 583. The van der Waals surface area contributed by atoms with Crippen LogP contribution in [0.1, 0.15) is 19.4 Å². The highest BCUT2D eigenvalue weighted by molar-refractivity contribution is 7.87. The van der Waals surface area contributed by atoms with Crippen LogP contribution < -0.4 is 4.72 Å². The zero-order valence-corrected chi connectivity index (χ0v) is 13.0. The first kappa shape index (κ1) is 17.4. The second-order valence-electron chi connectivity index (χ2n) is 4.99. The first-order valence-corrected chi connectivity index (χ1v) is 7.83. The molecule has 0 aliphatic carbocycles. The van der Waals surface area contributed by atoms with Gasteiger partial charge in [0.1, 0.15) is 11.8 Å². The van der Waals surface area contributed by atoms with Crippen molar-refractivity contribution in [3.63, 3.8) is 0 Å². The third kappa shape index (κ3) is 5.00. The SMILES string of the molecule is CC(C)N(C)S(=O)(=O)NC(Cc1ccc(O)cc1)C(=O)O. The normalized spacial score (nSPS) is 13.6. The third-order valence-corrected chi connectivity index (χ3v) is 4.83. The minimum atomic E-state index is -3.88. The molecule has 1 aromatic carbocycles. The van der Waals surface area contributed by atoms with Crippen LogP contribution in [-0.2, 0) is 21.4 Å². The van der Waals surface area contributed by atoms with Gasteiger partial charge in [-0.2, -0.15) is 17.4 Å². The molecule has 0 aliphatic rings. The molecule has 0 heterocycles. The average molecular weight is 316 g/mol. The lowest BCUT2D eigenvalue weighted by Gasteiger charge is -2.24. The van der Waals surface area contributed by atoms with E-state index in [2.05, 4.69) is 4.72 Å². The molecule has 118 valence electrons. The first-order valence-electron chi connectivity index (χ1n) is 6.39. The molecule has 0 radical (unpaired) electrons. The van der Waals surface area contributed by atoms with Crippen LogP contribution in [-0.4, -0.2) is 48.0 Å². The molecule has 21 heavy (non-hydrogen) atoms. The number of hydrogen-bond donors (Lipinski definition) is 3. The molecular weight excluding hydrogens is 296 g/mol. The molecule has 0 saturated carbocycles. The zero-order valence-electron chi connectivity index (χ0n) is 12.1. The molecule has 1 rings (SSSR count). The maximum Gasteiger partial charge on any atom is 0.322 e. The lowest BCUT2D eigenvalue weighted by atomic mass is 10.1. The van der Waals surface area contributed by atoms with Crippen LogP contribution in [0.5, 0.6) is 5.75 Å². The van der Waals surface area contributed by atoms with Crippen molar-refractivity contribution in [1.29, 1.82) is 0 Å². The number of rotatable bonds is 7. The molecule has 0 aliphatic heterocycles. The van der Waals surface area contributed by atoms with Gasteiger partial charge in [-0.3, -0.25) is 4.79 Å². The Hall–Kier alpha value is -1.64. The van der Waals surface area contributed by atoms with E-state index in [0.29, 0.717) is 5.56 Å². The monoisotopic (exact) mass is 316 g/mol. The first-order chi connectivity index (χ1) is 9.63. The van der Waals surface area contributed by atoms with Crippen LogP contribution in [0.15, 0.2) is 24.3 Å². The fourth-order valence-corrected chi connectivity index (χ4v) is 2.85. The molecule has 8 heteroatoms. The van der Waals surface area contributed by atoms with Gasteiger partial charge in [-0.1, -0.05) is 12.1 Å². The van der Waals surface area contributed by atoms with E-state index in [0.717, 1.165) is 4.31 Å². The van der Waals surface area contributed by atoms with Gasteiger partial charge in [-0.15, -0.1) is 0 Å². The van der Waals surface area contributed by atoms with E-state index < -0.39 is 22.2 Å². The highest BCUT2D eigenvalue weighted by Gasteiger charge is 2.28. The number of aromatic hydroxyl groups is 1. The van der Waals surface area contributed by atoms with Gasteiger partial charge in [0, 0.05) is 13.1 Å². The van der Waals surface area contributed by atoms with E-state index in [1.807, 2.05) is 0 Å². The number of nitrogens with zero attached hydrogens (tertiary/aromatic N) is 1. The second kappa shape index (κ2) is 6.88. The zero-order chi connectivity index (χ0) is 16.2. The number of carboxylic acids is 1. The summed E-state index contributed by atoms with van der Waals surface area (Å²) in [6.07, 6.45) is -0.0131. The molecule has 0 amide bonds. The maximum absolute atomic E-state index is 12.0. The molecule has 3 N–H and O–H groups in total. The van der Waals surface area contributed by atoms with Crippen LogP contribution in [0.2, 0.25) is 0 Å². The Morgan fingerprint density at radius 3 is 2.24 bits per heavy atom. The Labute approximate surface area is 124 Å². The van der Waals surface area contributed by atoms with E-state index in [1.54, 1.807) is 26.0 Å². The Kier molecular flexibility index (Phi) is 5.70. The summed E-state index contributed by atoms with van der Waals surface area (Å²) in [7, 11) is -2.50. The van der Waals surface area contributed by atoms with Gasteiger partial charge >= 0.3 is 5.97 Å². The van der Waals surface area contributed by atoms with Crippen molar-refractivity contribution < 1.29 is 23.4 Å². The van der Waals surface area contributed by atoms with Crippen molar-refractivity contribution in [2.24, 2.45) is 0 Å². The predicted octanol–water partition coefficient (Wildman–Crippen LogP) is 0.562. The van der Waals surface area contributed by atoms with Gasteiger partial charge < -0.3 is 10.2 Å². The van der Waals surface area contributed by atoms with E-state index in [-0.39, 0.29) is 18.2 Å². The van der Waals surface area contributed by atoms with Crippen molar-refractivity contribution in [2.45, 2.75) is 32.4 Å². The predicted molar refractivity (Wildman–Crippen MR) is 78.2 cm³/mol. The smallest absolute Gasteiger partial charge is 0.322 e. The highest BCUT2D eigenvalue weighted by Crippen LogP contribution is 2.12. The van der Waals surface area contributed by atoms with Gasteiger partial charge in [0.2, 0.25) is 0 Å². The van der Waals surface area contributed by atoms with Crippen molar-refractivity contribution in [1.82, 2.24) is 9.03 Å². The Morgan fingerprint density at radius 2 is 1.81 bits per heavy atom. The summed E-state index contributed by atoms with van der Waals surface area (Å²) in [6.45, 7) is 3.38. The van der Waals surface area contributed by atoms with Crippen molar-refractivity contribution in [2.75, 3.05) is 7.05 Å². The third-order valence-electron chi connectivity index (χ3n) is 3.07. The number of carboxylic acid groups (broad SMARTS) is 1. The summed E-state index contributed by atoms with van der Waals surface area (Å²) in [5, 5.41) is 18.4. The van der Waals surface area contributed by atoms with Crippen LogP contribution in [0.25, 0.3) is 0 Å². The minimum absolute atomic E-state index is 0.0131. The van der Waals surface area contributed by atoms with E-state index in [1.165, 1.54) is 19.2 Å². The molecule has 0 saturated heterocycles. The topological polar surface area (TPSA) is 107 Å². The van der Waals surface area contributed by atoms with Crippen molar-refractivity contribution in [3.05, 3.63) is 29.8 Å². The number of nitrogens with one attached hydrogen (secondary N) is 1. The van der Waals surface area contributed by atoms with Gasteiger partial charge in [-0.05, 0) is 38.0 Å². The maximum atomic E-state index is 12.0. The molecule has 7 nitrogen and oxygen atoms in total. The molecule has 1 aromatic rings. The second-order valence-corrected chi connectivity index (χ2v) is 6.76. The van der Waals surface area contributed by atoms with E-state index in [9.17, 15) is 23.4 Å². The summed E-state index contributed by atoms with van der Waals surface area (Å²) in [4.78, 5) is 11.2. The van der Waals surface area contributed by atoms with E-state index in [4.69, 9.17) is 0 Å². The number of phenols is 1. The number of benzene rings is 1. The Balaban J connectivity index is 2.88. The summed E-state index contributed by atoms with van der Waals surface area (Å²) >= 11 is 0. The largest absolute Gasteiger partial charge is 0.508 e. The van der Waals surface area contributed by atoms with Gasteiger partial charge in [0.15, 0.2) is 0 Å². The standard InChI is InChI=1S/C13H20N2O5S/c1-9(2)15(3)21(19,20)14-12(13(17)18)8-10-4-6-11(16)7-5-10/h4-7,9,12,14,16H,8H2,1-3H3,(H,17,18). The molecule has 0 aromatic heterocycles. The van der Waals surface area contributed by atoms with Gasteiger partial charge in [0.05, 0.1) is 0 Å². The van der Waals surface area contributed by atoms with Crippen molar-refractivity contribution in [3.8, 4) is 5.75 Å². The average Bonchev–Trinajstić information content (AvgIpc) is 2.39. The number of phenolic OH excluding ortho intramolecular Hbond substituents is 1. The molecule has 0 fully saturated rings. The van der Waals surface area contributed by atoms with Crippen LogP contribution >= 0.6 is 0 Å². The van der Waals surface area contributed by atoms with Gasteiger partial charge in [0.25, 0.3) is 10.2 Å². The summed E-state index contributed by atoms with van der Waals surface area (Å²) in [6, 6.07) is 4.37. The van der Waals surface area contributed by atoms with Gasteiger partial charge in [-0.25, -0.2) is 0 Å². The number of carbonyl (C=O) groups is 1. The minimum Gasteiger partial charge on any atom is -0.508 e. The summed E-state index contributed by atoms with van der Waals surface area (Å²) in [5.41, 5.74) is 0.607. The fraction of sp³-hybridized carbons (Fsp3) is 0.462. The lowest BCUT2D eigenvalue weighted by Crippen LogP contribution is -2.49. The molecule has 1 unspecified atom stereocenters. The Morgan fingerprint density at radius 1 is 1.29 bits per heavy atom. The molecule has 0 bridgehead atoms. The van der Waals surface area contributed by atoms with Crippen LogP contribution in [0.4, 0.5) is 0 Å². The van der Waals surface area contributed by atoms with Crippen molar-refractivity contribution >= 4 is 16.2 Å². The van der Waals surface area contributed by atoms with E-state index >= 15 is 0 Å².